The van der Waals surface area contributed by atoms with Crippen molar-refractivity contribution in [1.29, 1.82) is 0 Å². The van der Waals surface area contributed by atoms with Crippen LogP contribution in [-0.4, -0.2) is 23.8 Å². The van der Waals surface area contributed by atoms with Crippen molar-refractivity contribution in [2.45, 2.75) is 19.0 Å². The van der Waals surface area contributed by atoms with Crippen LogP contribution >= 0.6 is 0 Å². The van der Waals surface area contributed by atoms with Crippen LogP contribution in [0.5, 0.6) is 0 Å². The van der Waals surface area contributed by atoms with E-state index >= 15 is 0 Å². The van der Waals surface area contributed by atoms with Crippen molar-refractivity contribution in [3.8, 4) is 0 Å². The molecule has 0 radical (unpaired) electrons. The Morgan fingerprint density at radius 2 is 1.68 bits per heavy atom. The van der Waals surface area contributed by atoms with E-state index in [2.05, 4.69) is 0 Å². The molecule has 0 atom stereocenters. The van der Waals surface area contributed by atoms with Gasteiger partial charge in [0, 0.05) is 11.3 Å². The summed E-state index contributed by atoms with van der Waals surface area (Å²) in [7, 11) is 0. The third-order valence-electron chi connectivity index (χ3n) is 2.17. The van der Waals surface area contributed by atoms with Gasteiger partial charge in [-0.15, -0.1) is 0 Å². The van der Waals surface area contributed by atoms with Crippen molar-refractivity contribution in [2.75, 3.05) is 5.32 Å². The van der Waals surface area contributed by atoms with Gasteiger partial charge in [-0.25, -0.2) is 0 Å². The molecule has 0 saturated carbocycles. The fourth-order valence-electron chi connectivity index (χ4n) is 1.15. The summed E-state index contributed by atoms with van der Waals surface area (Å²) < 4.78 is 61.1. The number of carbonyl (C=O) groups excluding carboxylic acids is 2. The largest absolute Gasteiger partial charge is 0.463 e. The van der Waals surface area contributed by atoms with E-state index in [1.807, 2.05) is 0 Å². The van der Waals surface area contributed by atoms with E-state index in [-0.39, 0.29) is 11.3 Å². The first-order valence-electron chi connectivity index (χ1n) is 4.92. The Labute approximate surface area is 104 Å². The zero-order valence-electron chi connectivity index (χ0n) is 9.52. The average Bonchev–Trinajstić information content (AvgIpc) is 2.27. The van der Waals surface area contributed by atoms with Gasteiger partial charge >= 0.3 is 18.0 Å². The van der Waals surface area contributed by atoms with Crippen LogP contribution in [0.3, 0.4) is 0 Å². The molecule has 3 nitrogen and oxygen atoms in total. The molecule has 0 aromatic heterocycles. The van der Waals surface area contributed by atoms with E-state index in [1.165, 1.54) is 24.4 Å². The molecule has 0 heterocycles. The Morgan fingerprint density at radius 1 is 1.11 bits per heavy atom. The lowest BCUT2D eigenvalue weighted by Gasteiger charge is -2.18. The maximum Gasteiger partial charge on any atom is 0.463 e. The number of hydrogen-bond acceptors (Lipinski definition) is 2. The lowest BCUT2D eigenvalue weighted by molar-refractivity contribution is -0.267. The van der Waals surface area contributed by atoms with Crippen LogP contribution in [0.1, 0.15) is 17.3 Å². The quantitative estimate of drug-likeness (QED) is 0.683. The summed E-state index contributed by atoms with van der Waals surface area (Å²) in [5.74, 6) is -8.42. The van der Waals surface area contributed by atoms with E-state index < -0.39 is 23.8 Å². The summed E-state index contributed by atoms with van der Waals surface area (Å²) in [5, 5.41) is 1.42. The summed E-state index contributed by atoms with van der Waals surface area (Å²) in [5.41, 5.74) is -0.241. The first-order chi connectivity index (χ1) is 8.55. The van der Waals surface area contributed by atoms with Gasteiger partial charge in [0.05, 0.1) is 0 Å². The number of amides is 1. The molecule has 8 heteroatoms. The number of benzene rings is 1. The van der Waals surface area contributed by atoms with Gasteiger partial charge in [-0.3, -0.25) is 9.59 Å². The molecule has 0 bridgehead atoms. The Morgan fingerprint density at radius 3 is 2.16 bits per heavy atom. The second kappa shape index (κ2) is 4.94. The van der Waals surface area contributed by atoms with E-state index in [9.17, 15) is 31.5 Å². The molecular formula is C11H8F5NO2. The van der Waals surface area contributed by atoms with Gasteiger partial charge in [-0.1, -0.05) is 12.1 Å². The standard InChI is InChI=1S/C11H8F5NO2/c1-6(18)7-3-2-4-8(5-7)17-9(19)10(12,13)11(14,15)16/h2-5H,1H3,(H,17,19). The minimum absolute atomic E-state index is 0.0770. The number of rotatable bonds is 3. The highest BCUT2D eigenvalue weighted by molar-refractivity contribution is 5.99. The molecule has 0 aliphatic heterocycles. The number of Topliss-reactive ketones (excluding diaryl/α,β-unsaturated/α-hetero) is 1. The molecular weight excluding hydrogens is 273 g/mol. The summed E-state index contributed by atoms with van der Waals surface area (Å²) in [4.78, 5) is 21.9. The molecule has 1 rings (SSSR count). The highest BCUT2D eigenvalue weighted by Crippen LogP contribution is 2.36. The number of carbonyl (C=O) groups is 2. The minimum atomic E-state index is -5.98. The molecule has 0 unspecified atom stereocenters. The van der Waals surface area contributed by atoms with Crippen molar-refractivity contribution in [1.82, 2.24) is 0 Å². The Balaban J connectivity index is 2.95. The van der Waals surface area contributed by atoms with Crippen molar-refractivity contribution >= 4 is 17.4 Å². The Hall–Kier alpha value is -1.99. The lowest BCUT2D eigenvalue weighted by Crippen LogP contribution is -2.47. The zero-order chi connectivity index (χ0) is 14.8. The van der Waals surface area contributed by atoms with Crippen molar-refractivity contribution < 1.29 is 31.5 Å². The summed E-state index contributed by atoms with van der Waals surface area (Å²) >= 11 is 0. The smallest absolute Gasteiger partial charge is 0.321 e. The number of nitrogens with one attached hydrogen (secondary N) is 1. The predicted octanol–water partition coefficient (Wildman–Crippen LogP) is 3.03. The van der Waals surface area contributed by atoms with Crippen LogP contribution in [0.15, 0.2) is 24.3 Å². The lowest BCUT2D eigenvalue weighted by atomic mass is 10.1. The second-order valence-electron chi connectivity index (χ2n) is 3.66. The molecule has 1 aromatic carbocycles. The van der Waals surface area contributed by atoms with E-state index in [0.29, 0.717) is 0 Å². The first-order valence-corrected chi connectivity index (χ1v) is 4.92. The van der Waals surface area contributed by atoms with Gasteiger partial charge in [-0.2, -0.15) is 22.0 Å². The van der Waals surface area contributed by atoms with Gasteiger partial charge in [-0.05, 0) is 19.1 Å². The minimum Gasteiger partial charge on any atom is -0.321 e. The van der Waals surface area contributed by atoms with E-state index in [0.717, 1.165) is 12.1 Å². The third kappa shape index (κ3) is 3.27. The van der Waals surface area contributed by atoms with Crippen LogP contribution in [0, 0.1) is 0 Å². The van der Waals surface area contributed by atoms with E-state index in [4.69, 9.17) is 0 Å². The van der Waals surface area contributed by atoms with Gasteiger partial charge in [0.15, 0.2) is 5.78 Å². The summed E-state index contributed by atoms with van der Waals surface area (Å²) in [6, 6.07) is 4.68. The molecule has 1 aromatic rings. The SMILES string of the molecule is CC(=O)c1cccc(NC(=O)C(F)(F)C(F)(F)F)c1. The summed E-state index contributed by atoms with van der Waals surface area (Å²) in [6.45, 7) is 1.19. The molecule has 104 valence electrons. The molecule has 0 aliphatic rings. The molecule has 1 amide bonds. The highest BCUT2D eigenvalue weighted by Gasteiger charge is 2.63. The van der Waals surface area contributed by atoms with Gasteiger partial charge in [0.1, 0.15) is 0 Å². The highest BCUT2D eigenvalue weighted by atomic mass is 19.4. The predicted molar refractivity (Wildman–Crippen MR) is 56.1 cm³/mol. The Bertz CT molecular complexity index is 510. The van der Waals surface area contributed by atoms with Crippen molar-refractivity contribution in [3.05, 3.63) is 29.8 Å². The first kappa shape index (κ1) is 15.1. The van der Waals surface area contributed by atoms with Gasteiger partial charge in [0.2, 0.25) is 0 Å². The molecule has 0 spiro atoms. The maximum absolute atomic E-state index is 12.7. The topological polar surface area (TPSA) is 46.2 Å². The van der Waals surface area contributed by atoms with Crippen LogP contribution in [0.2, 0.25) is 0 Å². The number of alkyl halides is 5. The Kier molecular flexibility index (Phi) is 3.92. The average molecular weight is 281 g/mol. The molecule has 0 saturated heterocycles. The molecule has 0 aliphatic carbocycles. The normalized spacial score (nSPS) is 12.1. The fraction of sp³-hybridized carbons (Fsp3) is 0.273. The van der Waals surface area contributed by atoms with E-state index in [1.54, 1.807) is 0 Å². The fourth-order valence-corrected chi connectivity index (χ4v) is 1.15. The second-order valence-corrected chi connectivity index (χ2v) is 3.66. The van der Waals surface area contributed by atoms with Crippen LogP contribution < -0.4 is 5.32 Å². The van der Waals surface area contributed by atoms with Crippen molar-refractivity contribution in [2.24, 2.45) is 0 Å². The number of anilines is 1. The molecule has 0 fully saturated rings. The monoisotopic (exact) mass is 281 g/mol. The molecule has 1 N–H and O–H groups in total. The van der Waals surface area contributed by atoms with Gasteiger partial charge in [0.25, 0.3) is 0 Å². The number of hydrogen-bond donors (Lipinski definition) is 1. The van der Waals surface area contributed by atoms with Crippen LogP contribution in [0.4, 0.5) is 27.6 Å². The number of halogens is 5. The number of ketones is 1. The van der Waals surface area contributed by atoms with Crippen molar-refractivity contribution in [3.63, 3.8) is 0 Å². The van der Waals surface area contributed by atoms with Gasteiger partial charge < -0.3 is 5.32 Å². The molecule has 19 heavy (non-hydrogen) atoms. The summed E-state index contributed by atoms with van der Waals surface area (Å²) in [6.07, 6.45) is -5.98. The zero-order valence-corrected chi connectivity index (χ0v) is 9.52. The van der Waals surface area contributed by atoms with Crippen LogP contribution in [-0.2, 0) is 4.79 Å². The maximum atomic E-state index is 12.7. The van der Waals surface area contributed by atoms with Crippen LogP contribution in [0.25, 0.3) is 0 Å². The third-order valence-corrected chi connectivity index (χ3v) is 2.17.